The van der Waals surface area contributed by atoms with E-state index in [2.05, 4.69) is 25.7 Å². The molecule has 170 valence electrons. The first-order chi connectivity index (χ1) is 16.0. The number of amides is 1. The average molecular weight is 465 g/mol. The Kier molecular flexibility index (Phi) is 6.64. The molecule has 0 atom stereocenters. The summed E-state index contributed by atoms with van der Waals surface area (Å²) in [5.41, 5.74) is 3.96. The molecule has 2 aromatic heterocycles. The van der Waals surface area contributed by atoms with E-state index < -0.39 is 0 Å². The van der Waals surface area contributed by atoms with Crippen LogP contribution in [-0.4, -0.2) is 50.8 Å². The van der Waals surface area contributed by atoms with Crippen LogP contribution in [0.4, 0.5) is 5.69 Å². The predicted octanol–water partition coefficient (Wildman–Crippen LogP) is 4.02. The largest absolute Gasteiger partial charge is 0.493 e. The highest BCUT2D eigenvalue weighted by atomic mass is 32.2. The van der Waals surface area contributed by atoms with Gasteiger partial charge >= 0.3 is 0 Å². The second-order valence-electron chi connectivity index (χ2n) is 7.19. The van der Waals surface area contributed by atoms with Crippen LogP contribution in [0.15, 0.2) is 53.7 Å². The number of H-pyrrole nitrogens is 1. The summed E-state index contributed by atoms with van der Waals surface area (Å²) in [5.74, 6) is 1.87. The number of aromatic nitrogens is 5. The molecule has 0 spiro atoms. The van der Waals surface area contributed by atoms with Crippen molar-refractivity contribution >= 4 is 23.4 Å². The van der Waals surface area contributed by atoms with Crippen LogP contribution in [0.1, 0.15) is 11.4 Å². The van der Waals surface area contributed by atoms with Gasteiger partial charge in [-0.05, 0) is 44.2 Å². The molecule has 0 unspecified atom stereocenters. The molecular weight excluding hydrogens is 440 g/mol. The molecule has 0 radical (unpaired) electrons. The lowest BCUT2D eigenvalue weighted by atomic mass is 10.2. The normalized spacial score (nSPS) is 10.8. The number of para-hydroxylation sites is 1. The van der Waals surface area contributed by atoms with Crippen LogP contribution in [0.5, 0.6) is 11.5 Å². The highest BCUT2D eigenvalue weighted by molar-refractivity contribution is 7.99. The van der Waals surface area contributed by atoms with Gasteiger partial charge < -0.3 is 14.8 Å². The van der Waals surface area contributed by atoms with Gasteiger partial charge in [-0.3, -0.25) is 14.5 Å². The molecule has 2 aromatic carbocycles. The van der Waals surface area contributed by atoms with Crippen LogP contribution >= 0.6 is 11.8 Å². The molecule has 0 saturated heterocycles. The van der Waals surface area contributed by atoms with Gasteiger partial charge in [-0.2, -0.15) is 5.10 Å². The number of thioether (sulfide) groups is 1. The SMILES string of the molecule is COc1ccc(-c2nnc(SCC(=O)Nc3c(C)n[nH]c3C)n2-c2ccccc2)cc1OC. The monoisotopic (exact) mass is 464 g/mol. The van der Waals surface area contributed by atoms with Crippen LogP contribution in [0.3, 0.4) is 0 Å². The molecule has 0 bridgehead atoms. The second kappa shape index (κ2) is 9.78. The Morgan fingerprint density at radius 1 is 1.06 bits per heavy atom. The number of nitrogens with zero attached hydrogens (tertiary/aromatic N) is 4. The van der Waals surface area contributed by atoms with Crippen LogP contribution < -0.4 is 14.8 Å². The van der Waals surface area contributed by atoms with E-state index in [1.165, 1.54) is 11.8 Å². The van der Waals surface area contributed by atoms with Crippen molar-refractivity contribution in [3.05, 3.63) is 59.9 Å². The maximum Gasteiger partial charge on any atom is 0.234 e. The van der Waals surface area contributed by atoms with E-state index in [1.807, 2.05) is 66.9 Å². The van der Waals surface area contributed by atoms with Crippen molar-refractivity contribution in [3.63, 3.8) is 0 Å². The van der Waals surface area contributed by atoms with E-state index in [0.29, 0.717) is 28.2 Å². The first-order valence-corrected chi connectivity index (χ1v) is 11.2. The molecule has 9 nitrogen and oxygen atoms in total. The topological polar surface area (TPSA) is 107 Å². The molecule has 2 N–H and O–H groups in total. The Hall–Kier alpha value is -3.79. The number of aromatic amines is 1. The van der Waals surface area contributed by atoms with E-state index in [1.54, 1.807) is 14.2 Å². The van der Waals surface area contributed by atoms with Gasteiger partial charge in [0.05, 0.1) is 37.0 Å². The summed E-state index contributed by atoms with van der Waals surface area (Å²) >= 11 is 1.31. The average Bonchev–Trinajstić information content (AvgIpc) is 3.41. The summed E-state index contributed by atoms with van der Waals surface area (Å²) in [6.07, 6.45) is 0. The third-order valence-corrected chi connectivity index (χ3v) is 5.94. The number of anilines is 1. The first-order valence-electron chi connectivity index (χ1n) is 10.2. The highest BCUT2D eigenvalue weighted by Crippen LogP contribution is 2.34. The zero-order valence-electron chi connectivity index (χ0n) is 18.7. The number of hydrogen-bond acceptors (Lipinski definition) is 7. The van der Waals surface area contributed by atoms with Crippen molar-refractivity contribution in [2.75, 3.05) is 25.3 Å². The van der Waals surface area contributed by atoms with Gasteiger partial charge in [0, 0.05) is 11.3 Å². The van der Waals surface area contributed by atoms with Crippen molar-refractivity contribution in [3.8, 4) is 28.6 Å². The fourth-order valence-corrected chi connectivity index (χ4v) is 4.13. The number of rotatable bonds is 8. The van der Waals surface area contributed by atoms with Crippen molar-refractivity contribution in [2.45, 2.75) is 19.0 Å². The van der Waals surface area contributed by atoms with Crippen molar-refractivity contribution in [2.24, 2.45) is 0 Å². The van der Waals surface area contributed by atoms with E-state index in [0.717, 1.165) is 22.6 Å². The van der Waals surface area contributed by atoms with Gasteiger partial charge in [0.15, 0.2) is 22.5 Å². The smallest absolute Gasteiger partial charge is 0.234 e. The molecule has 33 heavy (non-hydrogen) atoms. The number of benzene rings is 2. The third-order valence-electron chi connectivity index (χ3n) is 5.01. The summed E-state index contributed by atoms with van der Waals surface area (Å²) in [5, 5.41) is 19.3. The quantitative estimate of drug-likeness (QED) is 0.379. The zero-order chi connectivity index (χ0) is 23.4. The van der Waals surface area contributed by atoms with Gasteiger partial charge in [0.2, 0.25) is 5.91 Å². The summed E-state index contributed by atoms with van der Waals surface area (Å²) in [4.78, 5) is 12.6. The van der Waals surface area contributed by atoms with Crippen LogP contribution in [0.2, 0.25) is 0 Å². The molecule has 0 aliphatic carbocycles. The first kappa shape index (κ1) is 22.4. The maximum absolute atomic E-state index is 12.6. The molecule has 4 rings (SSSR count). The van der Waals surface area contributed by atoms with Crippen molar-refractivity contribution in [1.29, 1.82) is 0 Å². The van der Waals surface area contributed by atoms with Gasteiger partial charge in [-0.25, -0.2) is 0 Å². The summed E-state index contributed by atoms with van der Waals surface area (Å²) in [6.45, 7) is 3.71. The third kappa shape index (κ3) is 4.70. The number of hydrogen-bond donors (Lipinski definition) is 2. The fraction of sp³-hybridized carbons (Fsp3) is 0.217. The van der Waals surface area contributed by atoms with Crippen molar-refractivity contribution < 1.29 is 14.3 Å². The number of ether oxygens (including phenoxy) is 2. The van der Waals surface area contributed by atoms with Gasteiger partial charge in [0.1, 0.15) is 0 Å². The zero-order valence-corrected chi connectivity index (χ0v) is 19.6. The van der Waals surface area contributed by atoms with Gasteiger partial charge in [0.25, 0.3) is 0 Å². The minimum Gasteiger partial charge on any atom is -0.493 e. The van der Waals surface area contributed by atoms with E-state index in [9.17, 15) is 4.79 Å². The molecular formula is C23H24N6O3S. The molecule has 0 aliphatic heterocycles. The molecule has 0 aliphatic rings. The Balaban J connectivity index is 1.64. The minimum atomic E-state index is -0.150. The Morgan fingerprint density at radius 3 is 2.48 bits per heavy atom. The Morgan fingerprint density at radius 2 is 1.82 bits per heavy atom. The summed E-state index contributed by atoms with van der Waals surface area (Å²) in [6, 6.07) is 15.3. The van der Waals surface area contributed by atoms with Crippen LogP contribution in [0, 0.1) is 13.8 Å². The van der Waals surface area contributed by atoms with E-state index in [-0.39, 0.29) is 11.7 Å². The van der Waals surface area contributed by atoms with E-state index in [4.69, 9.17) is 9.47 Å². The van der Waals surface area contributed by atoms with E-state index >= 15 is 0 Å². The lowest BCUT2D eigenvalue weighted by molar-refractivity contribution is -0.113. The minimum absolute atomic E-state index is 0.150. The molecule has 4 aromatic rings. The number of aryl methyl sites for hydroxylation is 2. The standard InChI is InChI=1S/C23H24N6O3S/c1-14-21(15(2)26-25-14)24-20(30)13-33-23-28-27-22(29(23)17-8-6-5-7-9-17)16-10-11-18(31-3)19(12-16)32-4/h5-12H,13H2,1-4H3,(H,24,30)(H,25,26). The second-order valence-corrected chi connectivity index (χ2v) is 8.14. The van der Waals surface area contributed by atoms with Crippen LogP contribution in [-0.2, 0) is 4.79 Å². The molecule has 0 fully saturated rings. The molecule has 0 saturated carbocycles. The number of nitrogens with one attached hydrogen (secondary N) is 2. The summed E-state index contributed by atoms with van der Waals surface area (Å²) in [7, 11) is 3.18. The number of carbonyl (C=O) groups excluding carboxylic acids is 1. The molecule has 2 heterocycles. The van der Waals surface area contributed by atoms with Gasteiger partial charge in [-0.15, -0.1) is 10.2 Å². The maximum atomic E-state index is 12.6. The van der Waals surface area contributed by atoms with Gasteiger partial charge in [-0.1, -0.05) is 30.0 Å². The lowest BCUT2D eigenvalue weighted by Crippen LogP contribution is -2.15. The Bertz CT molecular complexity index is 1250. The van der Waals surface area contributed by atoms with Crippen molar-refractivity contribution in [1.82, 2.24) is 25.0 Å². The molecule has 1 amide bonds. The fourth-order valence-electron chi connectivity index (χ4n) is 3.38. The highest BCUT2D eigenvalue weighted by Gasteiger charge is 2.19. The number of methoxy groups -OCH3 is 2. The number of carbonyl (C=O) groups is 1. The predicted molar refractivity (Wildman–Crippen MR) is 127 cm³/mol. The Labute approximate surface area is 195 Å². The lowest BCUT2D eigenvalue weighted by Gasteiger charge is -2.12. The summed E-state index contributed by atoms with van der Waals surface area (Å²) < 4.78 is 12.7. The van der Waals surface area contributed by atoms with Crippen LogP contribution in [0.25, 0.3) is 17.1 Å². The molecule has 10 heteroatoms.